The molecule has 1 unspecified atom stereocenters. The lowest BCUT2D eigenvalue weighted by molar-refractivity contribution is 0.0938. The van der Waals surface area contributed by atoms with Crippen LogP contribution >= 0.6 is 11.6 Å². The van der Waals surface area contributed by atoms with Crippen molar-refractivity contribution in [2.24, 2.45) is 0 Å². The molecule has 0 spiro atoms. The van der Waals surface area contributed by atoms with Crippen LogP contribution in [0.15, 0.2) is 30.5 Å². The van der Waals surface area contributed by atoms with Crippen LogP contribution < -0.4 is 11.1 Å². The molecule has 1 atom stereocenters. The highest BCUT2D eigenvalue weighted by Gasteiger charge is 2.17. The van der Waals surface area contributed by atoms with Gasteiger partial charge in [0, 0.05) is 11.6 Å². The zero-order chi connectivity index (χ0) is 15.4. The van der Waals surface area contributed by atoms with Gasteiger partial charge in [-0.25, -0.2) is 0 Å². The minimum atomic E-state index is -0.272. The van der Waals surface area contributed by atoms with E-state index < -0.39 is 0 Å². The standard InChI is InChI=1S/C14H18ClN5O/c1-20(2)12(9-3-5-10(15)6-4-9)8-17-14(21)13-11(16)7-18-19-13/h3-7,12H,8,16H2,1-2H3,(H,17,21)(H,18,19). The number of rotatable bonds is 5. The van der Waals surface area contributed by atoms with Gasteiger partial charge in [0.15, 0.2) is 0 Å². The number of amides is 1. The number of hydrogen-bond acceptors (Lipinski definition) is 4. The third kappa shape index (κ3) is 3.74. The number of nitrogen functional groups attached to an aromatic ring is 1. The number of anilines is 1. The van der Waals surface area contributed by atoms with Crippen LogP contribution in [0.3, 0.4) is 0 Å². The summed E-state index contributed by atoms with van der Waals surface area (Å²) in [7, 11) is 3.91. The Bertz CT molecular complexity index is 608. The second-order valence-corrected chi connectivity index (χ2v) is 5.38. The second-order valence-electron chi connectivity index (χ2n) is 4.94. The predicted octanol–water partition coefficient (Wildman–Crippen LogP) is 1.68. The molecule has 1 aromatic heterocycles. The summed E-state index contributed by atoms with van der Waals surface area (Å²) >= 11 is 5.90. The van der Waals surface area contributed by atoms with Gasteiger partial charge in [0.25, 0.3) is 5.91 Å². The van der Waals surface area contributed by atoms with Gasteiger partial charge in [-0.15, -0.1) is 0 Å². The summed E-state index contributed by atoms with van der Waals surface area (Å²) in [5.74, 6) is -0.272. The van der Waals surface area contributed by atoms with E-state index in [-0.39, 0.29) is 17.6 Å². The zero-order valence-corrected chi connectivity index (χ0v) is 12.7. The van der Waals surface area contributed by atoms with E-state index in [1.807, 2.05) is 43.3 Å². The van der Waals surface area contributed by atoms with Crippen LogP contribution in [0.2, 0.25) is 5.02 Å². The highest BCUT2D eigenvalue weighted by atomic mass is 35.5. The Labute approximate surface area is 128 Å². The van der Waals surface area contributed by atoms with Gasteiger partial charge in [0.05, 0.1) is 17.9 Å². The molecule has 112 valence electrons. The number of nitrogens with two attached hydrogens (primary N) is 1. The van der Waals surface area contributed by atoms with E-state index in [9.17, 15) is 4.79 Å². The lowest BCUT2D eigenvalue weighted by Gasteiger charge is -2.25. The van der Waals surface area contributed by atoms with Crippen molar-refractivity contribution in [2.45, 2.75) is 6.04 Å². The van der Waals surface area contributed by atoms with Gasteiger partial charge >= 0.3 is 0 Å². The number of carbonyl (C=O) groups excluding carboxylic acids is 1. The van der Waals surface area contributed by atoms with Gasteiger partial charge < -0.3 is 16.0 Å². The monoisotopic (exact) mass is 307 g/mol. The van der Waals surface area contributed by atoms with Crippen LogP contribution in [0.4, 0.5) is 5.69 Å². The van der Waals surface area contributed by atoms with E-state index >= 15 is 0 Å². The van der Waals surface area contributed by atoms with Crippen molar-refractivity contribution in [1.82, 2.24) is 20.4 Å². The van der Waals surface area contributed by atoms with E-state index in [0.29, 0.717) is 17.3 Å². The van der Waals surface area contributed by atoms with Gasteiger partial charge in [-0.2, -0.15) is 5.10 Å². The Morgan fingerprint density at radius 1 is 1.43 bits per heavy atom. The smallest absolute Gasteiger partial charge is 0.271 e. The molecule has 2 aromatic rings. The minimum Gasteiger partial charge on any atom is -0.396 e. The lowest BCUT2D eigenvalue weighted by atomic mass is 10.1. The Hall–Kier alpha value is -2.05. The molecule has 0 radical (unpaired) electrons. The quantitative estimate of drug-likeness (QED) is 0.784. The van der Waals surface area contributed by atoms with Crippen LogP contribution in [-0.2, 0) is 0 Å². The molecule has 0 saturated carbocycles. The maximum absolute atomic E-state index is 12.0. The van der Waals surface area contributed by atoms with Gasteiger partial charge in [-0.3, -0.25) is 9.89 Å². The van der Waals surface area contributed by atoms with Crippen molar-refractivity contribution in [1.29, 1.82) is 0 Å². The maximum atomic E-state index is 12.0. The van der Waals surface area contributed by atoms with Crippen molar-refractivity contribution in [3.63, 3.8) is 0 Å². The Morgan fingerprint density at radius 3 is 2.62 bits per heavy atom. The number of hydrogen-bond donors (Lipinski definition) is 3. The first-order chi connectivity index (χ1) is 9.99. The largest absolute Gasteiger partial charge is 0.396 e. The Kier molecular flexibility index (Phi) is 4.82. The molecule has 1 heterocycles. The van der Waals surface area contributed by atoms with E-state index in [2.05, 4.69) is 15.5 Å². The van der Waals surface area contributed by atoms with Gasteiger partial charge in [-0.1, -0.05) is 23.7 Å². The number of aromatic nitrogens is 2. The van der Waals surface area contributed by atoms with Crippen molar-refractivity contribution in [3.05, 3.63) is 46.7 Å². The molecule has 0 fully saturated rings. The first-order valence-corrected chi connectivity index (χ1v) is 6.85. The van der Waals surface area contributed by atoms with Crippen molar-refractivity contribution >= 4 is 23.2 Å². The van der Waals surface area contributed by atoms with Gasteiger partial charge in [0.1, 0.15) is 5.69 Å². The number of carbonyl (C=O) groups is 1. The molecule has 21 heavy (non-hydrogen) atoms. The first-order valence-electron chi connectivity index (χ1n) is 6.48. The molecular formula is C14H18ClN5O. The topological polar surface area (TPSA) is 87.0 Å². The molecule has 2 rings (SSSR count). The fourth-order valence-corrected chi connectivity index (χ4v) is 2.16. The number of halogens is 1. The number of likely N-dealkylation sites (N-methyl/N-ethyl adjacent to an activating group) is 1. The van der Waals surface area contributed by atoms with E-state index in [1.54, 1.807) is 0 Å². The highest BCUT2D eigenvalue weighted by molar-refractivity contribution is 6.30. The number of aromatic amines is 1. The second kappa shape index (κ2) is 6.60. The van der Waals surface area contributed by atoms with E-state index in [0.717, 1.165) is 5.56 Å². The summed E-state index contributed by atoms with van der Waals surface area (Å²) < 4.78 is 0. The van der Waals surface area contributed by atoms with Crippen LogP contribution in [0, 0.1) is 0 Å². The van der Waals surface area contributed by atoms with Crippen LogP contribution in [0.5, 0.6) is 0 Å². The molecular weight excluding hydrogens is 290 g/mol. The lowest BCUT2D eigenvalue weighted by Crippen LogP contribution is -2.35. The van der Waals surface area contributed by atoms with Crippen molar-refractivity contribution in [3.8, 4) is 0 Å². The average molecular weight is 308 g/mol. The summed E-state index contributed by atoms with van der Waals surface area (Å²) in [5, 5.41) is 9.87. The molecule has 7 heteroatoms. The van der Waals surface area contributed by atoms with Gasteiger partial charge in [-0.05, 0) is 31.8 Å². The summed E-state index contributed by atoms with van der Waals surface area (Å²) in [5.41, 5.74) is 7.34. The van der Waals surface area contributed by atoms with Crippen LogP contribution in [0.1, 0.15) is 22.1 Å². The number of benzene rings is 1. The van der Waals surface area contributed by atoms with Crippen LogP contribution in [-0.4, -0.2) is 41.6 Å². The van der Waals surface area contributed by atoms with Gasteiger partial charge in [0.2, 0.25) is 0 Å². The fraction of sp³-hybridized carbons (Fsp3) is 0.286. The van der Waals surface area contributed by atoms with Crippen LogP contribution in [0.25, 0.3) is 0 Å². The zero-order valence-electron chi connectivity index (χ0n) is 11.9. The normalized spacial score (nSPS) is 12.4. The van der Waals surface area contributed by atoms with Crippen molar-refractivity contribution in [2.75, 3.05) is 26.4 Å². The summed E-state index contributed by atoms with van der Waals surface area (Å²) in [6.07, 6.45) is 1.41. The summed E-state index contributed by atoms with van der Waals surface area (Å²) in [6.45, 7) is 0.450. The molecule has 4 N–H and O–H groups in total. The van der Waals surface area contributed by atoms with E-state index in [4.69, 9.17) is 17.3 Å². The number of nitrogens with zero attached hydrogens (tertiary/aromatic N) is 2. The molecule has 0 aliphatic carbocycles. The Balaban J connectivity index is 2.06. The average Bonchev–Trinajstić information content (AvgIpc) is 2.86. The first kappa shape index (κ1) is 15.3. The molecule has 0 saturated heterocycles. The SMILES string of the molecule is CN(C)C(CNC(=O)c1[nH]ncc1N)c1ccc(Cl)cc1. The molecule has 0 aliphatic heterocycles. The van der Waals surface area contributed by atoms with Crippen molar-refractivity contribution < 1.29 is 4.79 Å². The molecule has 0 aliphatic rings. The third-order valence-electron chi connectivity index (χ3n) is 3.23. The number of H-pyrrole nitrogens is 1. The minimum absolute atomic E-state index is 0.0374. The number of nitrogens with one attached hydrogen (secondary N) is 2. The fourth-order valence-electron chi connectivity index (χ4n) is 2.04. The Morgan fingerprint density at radius 2 is 2.10 bits per heavy atom. The molecule has 0 bridgehead atoms. The molecule has 1 aromatic carbocycles. The third-order valence-corrected chi connectivity index (χ3v) is 3.48. The molecule has 6 nitrogen and oxygen atoms in total. The predicted molar refractivity (Wildman–Crippen MR) is 83.2 cm³/mol. The highest BCUT2D eigenvalue weighted by Crippen LogP contribution is 2.20. The molecule has 1 amide bonds. The van der Waals surface area contributed by atoms with E-state index in [1.165, 1.54) is 6.20 Å². The summed E-state index contributed by atoms with van der Waals surface area (Å²) in [6, 6.07) is 7.60. The maximum Gasteiger partial charge on any atom is 0.271 e. The summed E-state index contributed by atoms with van der Waals surface area (Å²) in [4.78, 5) is 14.1.